The van der Waals surface area contributed by atoms with Crippen LogP contribution in [0.3, 0.4) is 0 Å². The van der Waals surface area contributed by atoms with Crippen molar-refractivity contribution < 1.29 is 0 Å². The van der Waals surface area contributed by atoms with Crippen LogP contribution in [0.1, 0.15) is 11.6 Å². The number of nitrogens with zero attached hydrogens (tertiary/aromatic N) is 2. The molecule has 20 heavy (non-hydrogen) atoms. The van der Waals surface area contributed by atoms with Crippen molar-refractivity contribution in [2.24, 2.45) is 10.7 Å². The van der Waals surface area contributed by atoms with Gasteiger partial charge in [0.2, 0.25) is 0 Å². The van der Waals surface area contributed by atoms with Crippen LogP contribution in [0.4, 0.5) is 5.69 Å². The van der Waals surface area contributed by atoms with Gasteiger partial charge in [0.15, 0.2) is 5.96 Å². The number of anilines is 1. The minimum absolute atomic E-state index is 0.129. The van der Waals surface area contributed by atoms with Gasteiger partial charge in [0.1, 0.15) is 0 Å². The van der Waals surface area contributed by atoms with Gasteiger partial charge < -0.3 is 10.6 Å². The van der Waals surface area contributed by atoms with Crippen LogP contribution in [0.25, 0.3) is 0 Å². The van der Waals surface area contributed by atoms with Crippen LogP contribution >= 0.6 is 27.5 Å². The highest BCUT2D eigenvalue weighted by Gasteiger charge is 2.28. The quantitative estimate of drug-likeness (QED) is 0.890. The van der Waals surface area contributed by atoms with Crippen LogP contribution in [0.15, 0.2) is 58.0 Å². The summed E-state index contributed by atoms with van der Waals surface area (Å²) in [5.74, 6) is 0.535. The van der Waals surface area contributed by atoms with Crippen LogP contribution < -0.4 is 10.6 Å². The summed E-state index contributed by atoms with van der Waals surface area (Å²) in [6, 6.07) is 16.2. The van der Waals surface area contributed by atoms with Gasteiger partial charge in [-0.15, -0.1) is 0 Å². The Morgan fingerprint density at radius 2 is 1.95 bits per heavy atom. The first-order valence-corrected chi connectivity index (χ1v) is 7.43. The molecule has 1 heterocycles. The SMILES string of the molecule is NC1=NCC(c2ccccc2)N1c1ccc(Cl)c(Br)c1. The Hall–Kier alpha value is -1.52. The molecule has 102 valence electrons. The lowest BCUT2D eigenvalue weighted by molar-refractivity contribution is 0.768. The normalized spacial score (nSPS) is 18.2. The number of hydrogen-bond donors (Lipinski definition) is 1. The van der Waals surface area contributed by atoms with Crippen molar-refractivity contribution in [2.45, 2.75) is 6.04 Å². The summed E-state index contributed by atoms with van der Waals surface area (Å²) in [5, 5.41) is 0.680. The average Bonchev–Trinajstić information content (AvgIpc) is 2.85. The fourth-order valence-corrected chi connectivity index (χ4v) is 2.86. The fraction of sp³-hybridized carbons (Fsp3) is 0.133. The molecule has 1 aliphatic heterocycles. The highest BCUT2D eigenvalue weighted by Crippen LogP contribution is 2.34. The minimum Gasteiger partial charge on any atom is -0.369 e. The van der Waals surface area contributed by atoms with Crippen molar-refractivity contribution in [1.82, 2.24) is 0 Å². The van der Waals surface area contributed by atoms with Gasteiger partial charge in [-0.1, -0.05) is 41.9 Å². The second-order valence-electron chi connectivity index (χ2n) is 4.59. The molecule has 2 N–H and O–H groups in total. The second kappa shape index (κ2) is 5.46. The van der Waals surface area contributed by atoms with Gasteiger partial charge in [0, 0.05) is 10.2 Å². The number of rotatable bonds is 2. The Morgan fingerprint density at radius 1 is 1.20 bits per heavy atom. The lowest BCUT2D eigenvalue weighted by atomic mass is 10.1. The van der Waals surface area contributed by atoms with Crippen molar-refractivity contribution in [3.05, 3.63) is 63.6 Å². The van der Waals surface area contributed by atoms with E-state index in [4.69, 9.17) is 17.3 Å². The molecule has 0 saturated carbocycles. The zero-order chi connectivity index (χ0) is 14.1. The van der Waals surface area contributed by atoms with Gasteiger partial charge in [-0.25, -0.2) is 0 Å². The molecule has 0 amide bonds. The van der Waals surface area contributed by atoms with Gasteiger partial charge in [-0.2, -0.15) is 0 Å². The molecule has 0 saturated heterocycles. The van der Waals surface area contributed by atoms with Gasteiger partial charge in [0.25, 0.3) is 0 Å². The molecule has 0 spiro atoms. The smallest absolute Gasteiger partial charge is 0.196 e. The van der Waals surface area contributed by atoms with E-state index >= 15 is 0 Å². The van der Waals surface area contributed by atoms with Crippen molar-refractivity contribution >= 4 is 39.2 Å². The molecule has 0 aliphatic carbocycles. The number of halogens is 2. The number of nitrogens with two attached hydrogens (primary N) is 1. The predicted molar refractivity (Wildman–Crippen MR) is 87.3 cm³/mol. The Bertz CT molecular complexity index is 657. The summed E-state index contributed by atoms with van der Waals surface area (Å²) in [6.07, 6.45) is 0. The van der Waals surface area contributed by atoms with E-state index in [0.717, 1.165) is 10.2 Å². The third kappa shape index (κ3) is 2.41. The maximum atomic E-state index is 6.05. The third-order valence-corrected chi connectivity index (χ3v) is 4.56. The van der Waals surface area contributed by atoms with E-state index < -0.39 is 0 Å². The summed E-state index contributed by atoms with van der Waals surface area (Å²) < 4.78 is 0.850. The lowest BCUT2D eigenvalue weighted by Crippen LogP contribution is -2.36. The summed E-state index contributed by atoms with van der Waals surface area (Å²) in [4.78, 5) is 6.41. The second-order valence-corrected chi connectivity index (χ2v) is 5.86. The van der Waals surface area contributed by atoms with Crippen molar-refractivity contribution in [1.29, 1.82) is 0 Å². The summed E-state index contributed by atoms with van der Waals surface area (Å²) in [7, 11) is 0. The monoisotopic (exact) mass is 349 g/mol. The van der Waals surface area contributed by atoms with Gasteiger partial charge >= 0.3 is 0 Å². The van der Waals surface area contributed by atoms with E-state index in [-0.39, 0.29) is 6.04 Å². The molecule has 0 fully saturated rings. The average molecular weight is 351 g/mol. The molecule has 1 unspecified atom stereocenters. The van der Waals surface area contributed by atoms with Crippen LogP contribution in [-0.4, -0.2) is 12.5 Å². The fourth-order valence-electron chi connectivity index (χ4n) is 2.37. The zero-order valence-electron chi connectivity index (χ0n) is 10.6. The van der Waals surface area contributed by atoms with Gasteiger partial charge in [0.05, 0.1) is 17.6 Å². The number of benzene rings is 2. The molecular formula is C15H13BrClN3. The summed E-state index contributed by atoms with van der Waals surface area (Å²) >= 11 is 9.50. The molecular weight excluding hydrogens is 338 g/mol. The minimum atomic E-state index is 0.129. The first kappa shape index (κ1) is 13.5. The highest BCUT2D eigenvalue weighted by atomic mass is 79.9. The lowest BCUT2D eigenvalue weighted by Gasteiger charge is -2.27. The molecule has 2 aromatic carbocycles. The zero-order valence-corrected chi connectivity index (χ0v) is 13.0. The molecule has 2 aromatic rings. The Kier molecular flexibility index (Phi) is 3.68. The molecule has 3 rings (SSSR count). The van der Waals surface area contributed by atoms with E-state index in [1.807, 2.05) is 41.3 Å². The Balaban J connectivity index is 2.00. The van der Waals surface area contributed by atoms with E-state index in [1.54, 1.807) is 0 Å². The molecule has 0 radical (unpaired) electrons. The van der Waals surface area contributed by atoms with E-state index in [0.29, 0.717) is 17.5 Å². The van der Waals surface area contributed by atoms with Crippen LogP contribution in [-0.2, 0) is 0 Å². The third-order valence-electron chi connectivity index (χ3n) is 3.35. The van der Waals surface area contributed by atoms with Crippen molar-refractivity contribution in [3.8, 4) is 0 Å². The van der Waals surface area contributed by atoms with E-state index in [2.05, 4.69) is 33.1 Å². The first-order chi connectivity index (χ1) is 9.66. The highest BCUT2D eigenvalue weighted by molar-refractivity contribution is 9.10. The topological polar surface area (TPSA) is 41.6 Å². The largest absolute Gasteiger partial charge is 0.369 e. The maximum absolute atomic E-state index is 6.05. The van der Waals surface area contributed by atoms with Gasteiger partial charge in [-0.05, 0) is 39.7 Å². The van der Waals surface area contributed by atoms with E-state index in [1.165, 1.54) is 5.56 Å². The standard InChI is InChI=1S/C15H13BrClN3/c16-12-8-11(6-7-13(12)17)20-14(9-19-15(20)18)10-4-2-1-3-5-10/h1-8,14H,9H2,(H2,18,19). The van der Waals surface area contributed by atoms with Crippen molar-refractivity contribution in [3.63, 3.8) is 0 Å². The van der Waals surface area contributed by atoms with Crippen LogP contribution in [0.2, 0.25) is 5.02 Å². The molecule has 3 nitrogen and oxygen atoms in total. The molecule has 0 aromatic heterocycles. The maximum Gasteiger partial charge on any atom is 0.196 e. The Morgan fingerprint density at radius 3 is 2.65 bits per heavy atom. The van der Waals surface area contributed by atoms with Crippen LogP contribution in [0, 0.1) is 0 Å². The predicted octanol–water partition coefficient (Wildman–Crippen LogP) is 3.98. The van der Waals surface area contributed by atoms with E-state index in [9.17, 15) is 0 Å². The van der Waals surface area contributed by atoms with Gasteiger partial charge in [-0.3, -0.25) is 4.99 Å². The number of hydrogen-bond acceptors (Lipinski definition) is 3. The van der Waals surface area contributed by atoms with Crippen molar-refractivity contribution in [2.75, 3.05) is 11.4 Å². The molecule has 5 heteroatoms. The Labute approximate surface area is 131 Å². The van der Waals surface area contributed by atoms with Crippen LogP contribution in [0.5, 0.6) is 0 Å². The molecule has 1 aliphatic rings. The number of guanidine groups is 1. The first-order valence-electron chi connectivity index (χ1n) is 6.26. The summed E-state index contributed by atoms with van der Waals surface area (Å²) in [5.41, 5.74) is 8.23. The summed E-state index contributed by atoms with van der Waals surface area (Å²) in [6.45, 7) is 0.663. The molecule has 1 atom stereocenters. The molecule has 0 bridgehead atoms. The number of aliphatic imine (C=N–C) groups is 1.